The predicted molar refractivity (Wildman–Crippen MR) is 64.4 cm³/mol. The molecule has 2 heterocycles. The number of rotatable bonds is 3. The highest BCUT2D eigenvalue weighted by atomic mass is 35.5. The predicted octanol–water partition coefficient (Wildman–Crippen LogP) is 2.62. The molecule has 2 aromatic heterocycles. The Balaban J connectivity index is 2.59. The maximum Gasteiger partial charge on any atom is 0.221 e. The Labute approximate surface area is 103 Å². The van der Waals surface area contributed by atoms with Gasteiger partial charge in [-0.15, -0.1) is 0 Å². The molecule has 0 saturated carbocycles. The van der Waals surface area contributed by atoms with Gasteiger partial charge in [0.05, 0.1) is 7.11 Å². The third-order valence-corrected chi connectivity index (χ3v) is 2.45. The van der Waals surface area contributed by atoms with Crippen LogP contribution in [-0.2, 0) is 0 Å². The number of carbonyl (C=O) groups is 1. The first-order chi connectivity index (χ1) is 8.24. The topological polar surface area (TPSA) is 52.1 Å². The molecular weight excluding hydrogens is 240 g/mol. The van der Waals surface area contributed by atoms with Gasteiger partial charge in [0.2, 0.25) is 5.88 Å². The molecule has 0 amide bonds. The molecule has 2 rings (SSSR count). The van der Waals surface area contributed by atoms with Gasteiger partial charge in [-0.05, 0) is 23.8 Å². The number of nitrogens with zero attached hydrogens (tertiary/aromatic N) is 2. The Morgan fingerprint density at radius 2 is 2.18 bits per heavy atom. The molecule has 0 bridgehead atoms. The van der Waals surface area contributed by atoms with Crippen LogP contribution >= 0.6 is 11.6 Å². The summed E-state index contributed by atoms with van der Waals surface area (Å²) in [6, 6.07) is 5.17. The molecule has 0 spiro atoms. The Hall–Kier alpha value is -1.94. The van der Waals surface area contributed by atoms with E-state index in [9.17, 15) is 4.79 Å². The van der Waals surface area contributed by atoms with Crippen LogP contribution in [0.2, 0.25) is 5.15 Å². The van der Waals surface area contributed by atoms with Gasteiger partial charge in [-0.2, -0.15) is 0 Å². The Morgan fingerprint density at radius 3 is 2.82 bits per heavy atom. The first kappa shape index (κ1) is 11.5. The molecule has 17 heavy (non-hydrogen) atoms. The first-order valence-electron chi connectivity index (χ1n) is 4.85. The van der Waals surface area contributed by atoms with E-state index in [0.717, 1.165) is 11.8 Å². The minimum atomic E-state index is 0.376. The molecule has 0 aliphatic heterocycles. The summed E-state index contributed by atoms with van der Waals surface area (Å²) in [5.74, 6) is 0.442. The van der Waals surface area contributed by atoms with Gasteiger partial charge in [-0.1, -0.05) is 11.6 Å². The molecule has 0 aromatic carbocycles. The second kappa shape index (κ2) is 4.93. The summed E-state index contributed by atoms with van der Waals surface area (Å²) in [6.07, 6.45) is 3.78. The molecule has 2 aromatic rings. The lowest BCUT2D eigenvalue weighted by molar-refractivity contribution is 0.112. The molecule has 0 aliphatic carbocycles. The molecule has 0 atom stereocenters. The number of hydrogen-bond donors (Lipinski definition) is 0. The largest absolute Gasteiger partial charge is 0.481 e. The zero-order valence-corrected chi connectivity index (χ0v) is 9.81. The maximum atomic E-state index is 10.7. The number of methoxy groups -OCH3 is 1. The quantitative estimate of drug-likeness (QED) is 0.619. The van der Waals surface area contributed by atoms with Crippen molar-refractivity contribution in [3.63, 3.8) is 0 Å². The van der Waals surface area contributed by atoms with Gasteiger partial charge >= 0.3 is 0 Å². The zero-order valence-electron chi connectivity index (χ0n) is 9.05. The van der Waals surface area contributed by atoms with E-state index in [1.807, 2.05) is 0 Å². The molecule has 0 radical (unpaired) electrons. The smallest absolute Gasteiger partial charge is 0.221 e. The normalized spacial score (nSPS) is 10.0. The molecule has 5 heteroatoms. The van der Waals surface area contributed by atoms with Crippen LogP contribution in [0.3, 0.4) is 0 Å². The number of aldehydes is 1. The number of ether oxygens (including phenoxy) is 1. The zero-order chi connectivity index (χ0) is 12.3. The summed E-state index contributed by atoms with van der Waals surface area (Å²) in [5.41, 5.74) is 1.99. The van der Waals surface area contributed by atoms with Crippen molar-refractivity contribution >= 4 is 17.9 Å². The van der Waals surface area contributed by atoms with E-state index in [0.29, 0.717) is 22.2 Å². The molecule has 0 saturated heterocycles. The third kappa shape index (κ3) is 2.42. The van der Waals surface area contributed by atoms with Crippen molar-refractivity contribution < 1.29 is 9.53 Å². The average Bonchev–Trinajstić information content (AvgIpc) is 2.38. The number of aromatic nitrogens is 2. The fourth-order valence-electron chi connectivity index (χ4n) is 1.47. The maximum absolute atomic E-state index is 10.7. The van der Waals surface area contributed by atoms with Gasteiger partial charge in [0.1, 0.15) is 5.15 Å². The second-order valence-corrected chi connectivity index (χ2v) is 3.70. The minimum Gasteiger partial charge on any atom is -0.481 e. The standard InChI is InChI=1S/C12H9ClN2O2/c1-17-12-10(4-8(7-16)6-15-12)9-2-3-14-11(13)5-9/h2-7H,1H3. The van der Waals surface area contributed by atoms with Crippen LogP contribution in [0.1, 0.15) is 10.4 Å². The molecule has 0 fully saturated rings. The number of hydrogen-bond acceptors (Lipinski definition) is 4. The van der Waals surface area contributed by atoms with E-state index in [1.165, 1.54) is 13.3 Å². The fraction of sp³-hybridized carbons (Fsp3) is 0.0833. The van der Waals surface area contributed by atoms with Crippen molar-refractivity contribution in [3.05, 3.63) is 41.3 Å². The van der Waals surface area contributed by atoms with E-state index < -0.39 is 0 Å². The molecular formula is C12H9ClN2O2. The summed E-state index contributed by atoms with van der Waals surface area (Å²) in [6.45, 7) is 0. The van der Waals surface area contributed by atoms with E-state index in [4.69, 9.17) is 16.3 Å². The third-order valence-electron chi connectivity index (χ3n) is 2.24. The van der Waals surface area contributed by atoms with E-state index in [1.54, 1.807) is 24.4 Å². The van der Waals surface area contributed by atoms with Crippen LogP contribution in [0.25, 0.3) is 11.1 Å². The summed E-state index contributed by atoms with van der Waals surface area (Å²) >= 11 is 5.82. The summed E-state index contributed by atoms with van der Waals surface area (Å²) in [7, 11) is 1.52. The monoisotopic (exact) mass is 248 g/mol. The highest BCUT2D eigenvalue weighted by Gasteiger charge is 2.09. The minimum absolute atomic E-state index is 0.376. The van der Waals surface area contributed by atoms with Crippen molar-refractivity contribution in [2.45, 2.75) is 0 Å². The Bertz CT molecular complexity index is 558. The number of halogens is 1. The van der Waals surface area contributed by atoms with Crippen LogP contribution in [0.5, 0.6) is 5.88 Å². The number of carbonyl (C=O) groups excluding carboxylic acids is 1. The van der Waals surface area contributed by atoms with Crippen LogP contribution in [0.4, 0.5) is 0 Å². The van der Waals surface area contributed by atoms with Gasteiger partial charge < -0.3 is 4.74 Å². The van der Waals surface area contributed by atoms with Gasteiger partial charge in [0.25, 0.3) is 0 Å². The first-order valence-corrected chi connectivity index (χ1v) is 5.23. The van der Waals surface area contributed by atoms with E-state index >= 15 is 0 Å². The lowest BCUT2D eigenvalue weighted by Crippen LogP contribution is -1.94. The lowest BCUT2D eigenvalue weighted by Gasteiger charge is -2.07. The van der Waals surface area contributed by atoms with Crippen molar-refractivity contribution in [3.8, 4) is 17.0 Å². The lowest BCUT2D eigenvalue weighted by atomic mass is 10.1. The highest BCUT2D eigenvalue weighted by molar-refractivity contribution is 6.29. The van der Waals surface area contributed by atoms with Gasteiger partial charge in [0.15, 0.2) is 6.29 Å². The Morgan fingerprint density at radius 1 is 1.35 bits per heavy atom. The summed E-state index contributed by atoms with van der Waals surface area (Å²) in [5, 5.41) is 0.376. The highest BCUT2D eigenvalue weighted by Crippen LogP contribution is 2.29. The molecule has 0 unspecified atom stereocenters. The van der Waals surface area contributed by atoms with Crippen LogP contribution < -0.4 is 4.74 Å². The van der Waals surface area contributed by atoms with Crippen LogP contribution in [0.15, 0.2) is 30.6 Å². The van der Waals surface area contributed by atoms with Crippen molar-refractivity contribution in [2.75, 3.05) is 7.11 Å². The summed E-state index contributed by atoms with van der Waals surface area (Å²) in [4.78, 5) is 18.7. The SMILES string of the molecule is COc1ncc(C=O)cc1-c1ccnc(Cl)c1. The molecule has 0 aliphatic rings. The van der Waals surface area contributed by atoms with Crippen LogP contribution in [0, 0.1) is 0 Å². The average molecular weight is 249 g/mol. The van der Waals surface area contributed by atoms with Crippen molar-refractivity contribution in [1.82, 2.24) is 9.97 Å². The van der Waals surface area contributed by atoms with Crippen molar-refractivity contribution in [1.29, 1.82) is 0 Å². The van der Waals surface area contributed by atoms with E-state index in [2.05, 4.69) is 9.97 Å². The molecule has 86 valence electrons. The van der Waals surface area contributed by atoms with Crippen LogP contribution in [-0.4, -0.2) is 23.4 Å². The fourth-order valence-corrected chi connectivity index (χ4v) is 1.65. The summed E-state index contributed by atoms with van der Waals surface area (Å²) < 4.78 is 5.15. The van der Waals surface area contributed by atoms with Gasteiger partial charge in [0, 0.05) is 23.5 Å². The van der Waals surface area contributed by atoms with Gasteiger partial charge in [-0.25, -0.2) is 9.97 Å². The van der Waals surface area contributed by atoms with Crippen molar-refractivity contribution in [2.24, 2.45) is 0 Å². The van der Waals surface area contributed by atoms with E-state index in [-0.39, 0.29) is 0 Å². The molecule has 4 nitrogen and oxygen atoms in total. The second-order valence-electron chi connectivity index (χ2n) is 3.31. The molecule has 0 N–H and O–H groups in total. The van der Waals surface area contributed by atoms with Gasteiger partial charge in [-0.3, -0.25) is 4.79 Å². The Kier molecular flexibility index (Phi) is 3.35. The number of pyridine rings is 2.